The quantitative estimate of drug-likeness (QED) is 0.301. The van der Waals surface area contributed by atoms with Crippen molar-refractivity contribution < 1.29 is 10.0 Å². The second-order valence-corrected chi connectivity index (χ2v) is 14.2. The fraction of sp³-hybridized carbons (Fsp3) is 0.600. The molecular weight excluding hydrogens is 558 g/mol. The van der Waals surface area contributed by atoms with E-state index >= 15 is 0 Å². The number of nitrogens with zero attached hydrogens (tertiary/aromatic N) is 2. The van der Waals surface area contributed by atoms with Gasteiger partial charge in [-0.1, -0.05) is 30.3 Å². The second kappa shape index (κ2) is 10.9. The van der Waals surface area contributed by atoms with Gasteiger partial charge in [-0.2, -0.15) is 0 Å². The first-order valence-electron chi connectivity index (χ1n) is 13.4. The van der Waals surface area contributed by atoms with Crippen molar-refractivity contribution in [1.82, 2.24) is 0 Å². The Morgan fingerprint density at radius 3 is 1.39 bits per heavy atom. The molecule has 0 unspecified atom stereocenters. The Morgan fingerprint density at radius 2 is 0.972 bits per heavy atom. The minimum absolute atomic E-state index is 0.0206. The maximum Gasteiger partial charge on any atom is 0.490 e. The van der Waals surface area contributed by atoms with Crippen LogP contribution in [-0.4, -0.2) is 39.3 Å². The van der Waals surface area contributed by atoms with Crippen LogP contribution in [0.3, 0.4) is 0 Å². The summed E-state index contributed by atoms with van der Waals surface area (Å²) in [6.45, 7) is 18.4. The summed E-state index contributed by atoms with van der Waals surface area (Å²) in [5.74, 6) is 0. The van der Waals surface area contributed by atoms with Crippen molar-refractivity contribution in [3.63, 3.8) is 0 Å². The van der Waals surface area contributed by atoms with E-state index in [0.717, 1.165) is 18.5 Å². The van der Waals surface area contributed by atoms with Gasteiger partial charge in [-0.3, -0.25) is 0 Å². The third-order valence-electron chi connectivity index (χ3n) is 8.12. The number of hydrogen-bond donors (Lipinski definition) is 2. The molecule has 4 nitrogen and oxygen atoms in total. The smallest absolute Gasteiger partial charge is 0.423 e. The summed E-state index contributed by atoms with van der Waals surface area (Å²) in [7, 11) is -1.43. The van der Waals surface area contributed by atoms with Gasteiger partial charge >= 0.3 is 7.12 Å². The van der Waals surface area contributed by atoms with Crippen molar-refractivity contribution in [2.24, 2.45) is 0 Å². The van der Waals surface area contributed by atoms with Gasteiger partial charge in [0.05, 0.1) is 5.69 Å². The average Bonchev–Trinajstić information content (AvgIpc) is 2.73. The fourth-order valence-corrected chi connectivity index (χ4v) is 7.47. The Balaban J connectivity index is 0.000000202. The lowest BCUT2D eigenvalue weighted by molar-refractivity contribution is 0.243. The first-order valence-corrected chi connectivity index (χ1v) is 14.5. The first kappa shape index (κ1) is 29.3. The standard InChI is InChI=1S/C15H24BNO2.C15H22IN/c1-14(2)10-7-11-15(3,4)17(14)13-9-6-5-8-12(13)16(18)19;1-14(2)10-7-11-15(3,4)17(14)13-9-6-5-8-12(13)16/h5-6,8-9,18-19H,7,10-11H2,1-4H3;5-6,8-9H,7,10-11H2,1-4H3. The second-order valence-electron chi connectivity index (χ2n) is 13.0. The molecule has 0 aliphatic carbocycles. The minimum Gasteiger partial charge on any atom is -0.423 e. The van der Waals surface area contributed by atoms with Crippen LogP contribution in [0.1, 0.15) is 93.9 Å². The molecule has 2 saturated heterocycles. The third-order valence-corrected chi connectivity index (χ3v) is 9.04. The average molecular weight is 604 g/mol. The maximum absolute atomic E-state index is 9.60. The van der Waals surface area contributed by atoms with E-state index in [1.54, 1.807) is 6.07 Å². The highest BCUT2D eigenvalue weighted by molar-refractivity contribution is 14.1. The molecule has 4 rings (SSSR count). The number of benzene rings is 2. The van der Waals surface area contributed by atoms with Gasteiger partial charge in [0.2, 0.25) is 0 Å². The van der Waals surface area contributed by atoms with E-state index < -0.39 is 7.12 Å². The van der Waals surface area contributed by atoms with Crippen LogP contribution in [0.15, 0.2) is 48.5 Å². The summed E-state index contributed by atoms with van der Waals surface area (Å²) < 4.78 is 1.35. The van der Waals surface area contributed by atoms with Gasteiger partial charge in [0, 0.05) is 36.9 Å². The number of para-hydroxylation sites is 2. The summed E-state index contributed by atoms with van der Waals surface area (Å²) in [5, 5.41) is 19.2. The van der Waals surface area contributed by atoms with E-state index in [9.17, 15) is 10.0 Å². The number of piperidine rings is 2. The lowest BCUT2D eigenvalue weighted by Gasteiger charge is -2.55. The molecule has 36 heavy (non-hydrogen) atoms. The van der Waals surface area contributed by atoms with Gasteiger partial charge in [-0.15, -0.1) is 0 Å². The third kappa shape index (κ3) is 6.24. The van der Waals surface area contributed by atoms with Crippen LogP contribution in [0.25, 0.3) is 0 Å². The molecule has 2 fully saturated rings. The summed E-state index contributed by atoms with van der Waals surface area (Å²) in [5.41, 5.74) is 3.46. The molecular formula is C30H46BIN2O2. The predicted molar refractivity (Wildman–Crippen MR) is 164 cm³/mol. The summed E-state index contributed by atoms with van der Waals surface area (Å²) in [6.07, 6.45) is 7.33. The molecule has 2 aromatic carbocycles. The molecule has 0 spiro atoms. The Hall–Kier alpha value is -1.25. The van der Waals surface area contributed by atoms with Crippen molar-refractivity contribution in [3.05, 3.63) is 52.1 Å². The highest BCUT2D eigenvalue weighted by Crippen LogP contribution is 2.43. The van der Waals surface area contributed by atoms with Crippen LogP contribution in [0.5, 0.6) is 0 Å². The molecule has 6 heteroatoms. The Morgan fingerprint density at radius 1 is 0.611 bits per heavy atom. The molecule has 2 aliphatic heterocycles. The zero-order valence-corrected chi connectivity index (χ0v) is 25.8. The lowest BCUT2D eigenvalue weighted by Crippen LogP contribution is -2.60. The van der Waals surface area contributed by atoms with Crippen LogP contribution < -0.4 is 15.3 Å². The number of anilines is 2. The minimum atomic E-state index is -1.43. The van der Waals surface area contributed by atoms with Gasteiger partial charge < -0.3 is 19.8 Å². The van der Waals surface area contributed by atoms with Crippen LogP contribution in [0.2, 0.25) is 0 Å². The molecule has 0 saturated carbocycles. The molecule has 0 atom stereocenters. The molecule has 2 aliphatic rings. The summed E-state index contributed by atoms with van der Waals surface area (Å²) in [6, 6.07) is 16.3. The fourth-order valence-electron chi connectivity index (χ4n) is 6.84. The van der Waals surface area contributed by atoms with E-state index in [1.165, 1.54) is 34.9 Å². The molecule has 0 radical (unpaired) electrons. The number of hydrogen-bond acceptors (Lipinski definition) is 4. The van der Waals surface area contributed by atoms with Crippen molar-refractivity contribution >= 4 is 46.5 Å². The van der Waals surface area contributed by atoms with Crippen LogP contribution >= 0.6 is 22.6 Å². The number of rotatable bonds is 3. The van der Waals surface area contributed by atoms with Gasteiger partial charge in [0.15, 0.2) is 0 Å². The highest BCUT2D eigenvalue weighted by atomic mass is 127. The maximum atomic E-state index is 9.60. The van der Waals surface area contributed by atoms with Gasteiger partial charge in [0.1, 0.15) is 0 Å². The molecule has 0 aromatic heterocycles. The first-order chi connectivity index (χ1) is 16.6. The van der Waals surface area contributed by atoms with Gasteiger partial charge in [-0.25, -0.2) is 0 Å². The van der Waals surface area contributed by atoms with Crippen molar-refractivity contribution in [2.45, 2.75) is 116 Å². The lowest BCUT2D eigenvalue weighted by atomic mass is 9.74. The Labute approximate surface area is 233 Å². The summed E-state index contributed by atoms with van der Waals surface area (Å²) in [4.78, 5) is 4.99. The van der Waals surface area contributed by atoms with Crippen LogP contribution in [0, 0.1) is 3.57 Å². The van der Waals surface area contributed by atoms with E-state index in [2.05, 4.69) is 112 Å². The Kier molecular flexibility index (Phi) is 8.84. The zero-order valence-electron chi connectivity index (χ0n) is 23.6. The van der Waals surface area contributed by atoms with E-state index in [4.69, 9.17) is 0 Å². The zero-order chi connectivity index (χ0) is 26.9. The van der Waals surface area contributed by atoms with E-state index in [-0.39, 0.29) is 22.2 Å². The highest BCUT2D eigenvalue weighted by Gasteiger charge is 2.43. The summed E-state index contributed by atoms with van der Waals surface area (Å²) >= 11 is 2.45. The molecule has 2 aromatic rings. The van der Waals surface area contributed by atoms with Crippen molar-refractivity contribution in [2.75, 3.05) is 9.80 Å². The number of halogens is 1. The largest absolute Gasteiger partial charge is 0.490 e. The molecule has 0 bridgehead atoms. The Bertz CT molecular complexity index is 1000. The molecule has 2 heterocycles. The van der Waals surface area contributed by atoms with E-state index in [1.807, 2.05) is 18.2 Å². The van der Waals surface area contributed by atoms with Crippen molar-refractivity contribution in [1.29, 1.82) is 0 Å². The van der Waals surface area contributed by atoms with E-state index in [0.29, 0.717) is 5.46 Å². The normalized spacial score (nSPS) is 21.9. The van der Waals surface area contributed by atoms with Crippen molar-refractivity contribution in [3.8, 4) is 0 Å². The van der Waals surface area contributed by atoms with Gasteiger partial charge in [0.25, 0.3) is 0 Å². The molecule has 2 N–H and O–H groups in total. The predicted octanol–water partition coefficient (Wildman–Crippen LogP) is 6.75. The SMILES string of the molecule is CC1(C)CCCC(C)(C)N1c1ccccc1B(O)O.CC1(C)CCCC(C)(C)N1c1ccccc1I. The van der Waals surface area contributed by atoms with Gasteiger partial charge in [-0.05, 0) is 135 Å². The van der Waals surface area contributed by atoms with Crippen LogP contribution in [0.4, 0.5) is 11.4 Å². The monoisotopic (exact) mass is 604 g/mol. The molecule has 0 amide bonds. The van der Waals surface area contributed by atoms with Crippen LogP contribution in [-0.2, 0) is 0 Å². The topological polar surface area (TPSA) is 46.9 Å². The molecule has 198 valence electrons.